The normalized spacial score (nSPS) is 7.50. The fraction of sp³-hybridized carbons (Fsp3) is 0.500. The molecule has 6 heteroatoms. The van der Waals surface area contributed by atoms with Gasteiger partial charge < -0.3 is 16.2 Å². The van der Waals surface area contributed by atoms with Crippen molar-refractivity contribution in [1.29, 1.82) is 0 Å². The Morgan fingerprint density at radius 3 is 1.75 bits per heavy atom. The molecule has 0 saturated carbocycles. The Morgan fingerprint density at radius 2 is 1.67 bits per heavy atom. The van der Waals surface area contributed by atoms with Crippen LogP contribution in [0.2, 0.25) is 0 Å². The van der Waals surface area contributed by atoms with Crippen LogP contribution >= 0.6 is 0 Å². The maximum Gasteiger partial charge on any atom is 0.322 e. The van der Waals surface area contributed by atoms with Gasteiger partial charge in [-0.3, -0.25) is 14.4 Å². The number of carboxylic acids is 1. The summed E-state index contributed by atoms with van der Waals surface area (Å²) in [6, 6.07) is 0. The third kappa shape index (κ3) is 39.7. The zero-order valence-corrected chi connectivity index (χ0v) is 6.96. The van der Waals surface area contributed by atoms with E-state index in [1.54, 1.807) is 0 Å². The van der Waals surface area contributed by atoms with Crippen molar-refractivity contribution in [2.45, 2.75) is 13.8 Å². The zero-order valence-electron chi connectivity index (χ0n) is 6.96. The van der Waals surface area contributed by atoms with Gasteiger partial charge in [-0.05, 0) is 0 Å². The minimum atomic E-state index is -1.03. The first-order chi connectivity index (χ1) is 5.36. The fourth-order valence-electron chi connectivity index (χ4n) is 0.200. The predicted molar refractivity (Wildman–Crippen MR) is 41.2 cm³/mol. The smallest absolute Gasteiger partial charge is 0.322 e. The van der Waals surface area contributed by atoms with Gasteiger partial charge in [0.05, 0.1) is 0 Å². The minimum absolute atomic E-state index is 0.296. The van der Waals surface area contributed by atoms with E-state index in [-0.39, 0.29) is 18.4 Å². The van der Waals surface area contributed by atoms with Gasteiger partial charge in [0.1, 0.15) is 6.54 Å². The standard InChI is InChI=1S/C4H7NO3.C2H5NO/c1-3(6)5-2-4(7)8;1-2(3)4/h2H2,1H3,(H,5,6)(H,7,8);1H3,(H2,3,4). The average Bonchev–Trinajstić information content (AvgIpc) is 1.82. The molecule has 0 radical (unpaired) electrons. The Morgan fingerprint density at radius 1 is 1.33 bits per heavy atom. The molecule has 0 bridgehead atoms. The van der Waals surface area contributed by atoms with E-state index in [1.807, 2.05) is 0 Å². The first-order valence-corrected chi connectivity index (χ1v) is 3.08. The van der Waals surface area contributed by atoms with Crippen LogP contribution in [0.5, 0.6) is 0 Å². The Labute approximate surface area is 69.7 Å². The van der Waals surface area contributed by atoms with Crippen molar-refractivity contribution < 1.29 is 19.5 Å². The lowest BCUT2D eigenvalue weighted by Crippen LogP contribution is -2.26. The summed E-state index contributed by atoms with van der Waals surface area (Å²) >= 11 is 0. The molecule has 0 atom stereocenters. The second-order valence-corrected chi connectivity index (χ2v) is 1.91. The van der Waals surface area contributed by atoms with Gasteiger partial charge in [-0.2, -0.15) is 0 Å². The Kier molecular flexibility index (Phi) is 8.16. The molecule has 12 heavy (non-hydrogen) atoms. The van der Waals surface area contributed by atoms with Crippen LogP contribution < -0.4 is 11.1 Å². The number of carbonyl (C=O) groups excluding carboxylic acids is 2. The molecule has 0 aromatic rings. The number of hydrogen-bond donors (Lipinski definition) is 3. The lowest BCUT2D eigenvalue weighted by Gasteiger charge is -1.92. The van der Waals surface area contributed by atoms with E-state index in [9.17, 15) is 14.4 Å². The molecular weight excluding hydrogens is 164 g/mol. The van der Waals surface area contributed by atoms with Crippen LogP contribution in [0.3, 0.4) is 0 Å². The monoisotopic (exact) mass is 176 g/mol. The number of aliphatic carboxylic acids is 1. The molecule has 0 heterocycles. The first kappa shape index (κ1) is 13.0. The van der Waals surface area contributed by atoms with Crippen LogP contribution in [0, 0.1) is 0 Å². The summed E-state index contributed by atoms with van der Waals surface area (Å²) in [6.45, 7) is 2.28. The Hall–Kier alpha value is -1.59. The van der Waals surface area contributed by atoms with Gasteiger partial charge in [0.2, 0.25) is 11.8 Å². The summed E-state index contributed by atoms with van der Waals surface area (Å²) in [6.07, 6.45) is 0. The molecule has 0 spiro atoms. The van der Waals surface area contributed by atoms with E-state index < -0.39 is 5.97 Å². The Bertz CT molecular complexity index is 160. The molecule has 0 aromatic carbocycles. The molecule has 0 aliphatic carbocycles. The number of primary amides is 1. The van der Waals surface area contributed by atoms with Gasteiger partial charge in [0.15, 0.2) is 0 Å². The molecule has 0 aliphatic heterocycles. The highest BCUT2D eigenvalue weighted by molar-refractivity contribution is 5.79. The van der Waals surface area contributed by atoms with Crippen molar-refractivity contribution in [1.82, 2.24) is 5.32 Å². The maximum atomic E-state index is 9.97. The molecule has 0 aromatic heterocycles. The van der Waals surface area contributed by atoms with Crippen LogP contribution in [0.4, 0.5) is 0 Å². The van der Waals surface area contributed by atoms with E-state index >= 15 is 0 Å². The fourth-order valence-corrected chi connectivity index (χ4v) is 0.200. The molecule has 4 N–H and O–H groups in total. The highest BCUT2D eigenvalue weighted by atomic mass is 16.4. The molecule has 0 fully saturated rings. The molecule has 0 aliphatic rings. The maximum absolute atomic E-state index is 9.97. The van der Waals surface area contributed by atoms with Crippen LogP contribution in [-0.2, 0) is 14.4 Å². The van der Waals surface area contributed by atoms with Gasteiger partial charge in [0, 0.05) is 13.8 Å². The molecular formula is C6H12N2O4. The lowest BCUT2D eigenvalue weighted by atomic mass is 10.6. The van der Waals surface area contributed by atoms with Crippen molar-refractivity contribution in [3.05, 3.63) is 0 Å². The van der Waals surface area contributed by atoms with Crippen molar-refractivity contribution in [3.8, 4) is 0 Å². The SMILES string of the molecule is CC(=O)NCC(=O)O.CC(N)=O. The zero-order chi connectivity index (χ0) is 10.1. The molecule has 0 saturated heterocycles. The van der Waals surface area contributed by atoms with Crippen LogP contribution in [-0.4, -0.2) is 29.4 Å². The number of hydrogen-bond acceptors (Lipinski definition) is 3. The summed E-state index contributed by atoms with van der Waals surface area (Å²) in [5, 5.41) is 10.1. The van der Waals surface area contributed by atoms with Crippen molar-refractivity contribution in [3.63, 3.8) is 0 Å². The largest absolute Gasteiger partial charge is 0.480 e. The van der Waals surface area contributed by atoms with E-state index in [0.29, 0.717) is 0 Å². The second kappa shape index (κ2) is 7.52. The van der Waals surface area contributed by atoms with Crippen LogP contribution in [0.15, 0.2) is 0 Å². The van der Waals surface area contributed by atoms with Gasteiger partial charge in [0.25, 0.3) is 0 Å². The van der Waals surface area contributed by atoms with Crippen molar-refractivity contribution in [2.75, 3.05) is 6.54 Å². The van der Waals surface area contributed by atoms with E-state index in [1.165, 1.54) is 13.8 Å². The van der Waals surface area contributed by atoms with E-state index in [4.69, 9.17) is 5.11 Å². The topological polar surface area (TPSA) is 109 Å². The van der Waals surface area contributed by atoms with Crippen LogP contribution in [0.25, 0.3) is 0 Å². The number of amides is 2. The van der Waals surface area contributed by atoms with Gasteiger partial charge in [-0.1, -0.05) is 0 Å². The average molecular weight is 176 g/mol. The highest BCUT2D eigenvalue weighted by Gasteiger charge is 1.94. The van der Waals surface area contributed by atoms with E-state index in [2.05, 4.69) is 11.1 Å². The van der Waals surface area contributed by atoms with Gasteiger partial charge in [-0.15, -0.1) is 0 Å². The summed E-state index contributed by atoms with van der Waals surface area (Å²) in [5.41, 5.74) is 4.47. The Balaban J connectivity index is 0. The quantitative estimate of drug-likeness (QED) is 0.485. The highest BCUT2D eigenvalue weighted by Crippen LogP contribution is 1.60. The number of nitrogens with two attached hydrogens (primary N) is 1. The van der Waals surface area contributed by atoms with E-state index in [0.717, 1.165) is 0 Å². The molecule has 0 rings (SSSR count). The van der Waals surface area contributed by atoms with Crippen molar-refractivity contribution >= 4 is 17.8 Å². The second-order valence-electron chi connectivity index (χ2n) is 1.91. The number of carboxylic acid groups (broad SMARTS) is 1. The number of nitrogens with one attached hydrogen (secondary N) is 1. The van der Waals surface area contributed by atoms with Crippen LogP contribution in [0.1, 0.15) is 13.8 Å². The number of carbonyl (C=O) groups is 3. The summed E-state index contributed by atoms with van der Waals surface area (Å²) < 4.78 is 0. The number of rotatable bonds is 2. The third-order valence-electron chi connectivity index (χ3n) is 0.489. The van der Waals surface area contributed by atoms with Gasteiger partial charge >= 0.3 is 5.97 Å². The minimum Gasteiger partial charge on any atom is -0.480 e. The predicted octanol–water partition coefficient (Wildman–Crippen LogP) is -1.30. The molecule has 0 unspecified atom stereocenters. The molecule has 2 amide bonds. The molecule has 6 nitrogen and oxygen atoms in total. The third-order valence-corrected chi connectivity index (χ3v) is 0.489. The summed E-state index contributed by atoms with van der Waals surface area (Å²) in [7, 11) is 0. The first-order valence-electron chi connectivity index (χ1n) is 3.08. The van der Waals surface area contributed by atoms with Gasteiger partial charge in [-0.25, -0.2) is 0 Å². The molecule has 70 valence electrons. The van der Waals surface area contributed by atoms with Crippen molar-refractivity contribution in [2.24, 2.45) is 5.73 Å². The summed E-state index contributed by atoms with van der Waals surface area (Å²) in [4.78, 5) is 28.9. The lowest BCUT2D eigenvalue weighted by molar-refractivity contribution is -0.137. The summed E-state index contributed by atoms with van der Waals surface area (Å²) in [5.74, 6) is -1.69.